The molecule has 0 aliphatic carbocycles. The minimum atomic E-state index is -2.17. The Morgan fingerprint density at radius 1 is 0.800 bits per heavy atom. The molecule has 0 bridgehead atoms. The van der Waals surface area contributed by atoms with E-state index in [-0.39, 0.29) is 25.7 Å². The molecule has 9 rings (SSSR count). The van der Waals surface area contributed by atoms with E-state index in [1.165, 1.54) is 28.3 Å². The quantitative estimate of drug-likeness (QED) is 0.123. The van der Waals surface area contributed by atoms with Crippen LogP contribution >= 0.6 is 0 Å². The molecule has 7 heteroatoms. The van der Waals surface area contributed by atoms with Crippen LogP contribution in [0.5, 0.6) is 0 Å². The van der Waals surface area contributed by atoms with Gasteiger partial charge in [0.05, 0.1) is 30.5 Å². The fourth-order valence-electron chi connectivity index (χ4n) is 7.70. The smallest absolute Gasteiger partial charge is 0.216 e. The molecule has 4 heterocycles. The van der Waals surface area contributed by atoms with Crippen molar-refractivity contribution in [3.05, 3.63) is 162 Å². The Bertz CT molecular complexity index is 3160. The molecule has 60 heavy (non-hydrogen) atoms. The number of hydrogen-bond donors (Lipinski definition) is 0. The molecule has 0 saturated heterocycles. The SMILES string of the molecule is Cc1ccc2c(n1)oc1c(-c3nc4ccccc4n3-c3c(C)cc(-c4ccccc4)cc3C)[c-]ccc12.[2H]C([2H])([2H])c1c[c-]c(-c2cc(C([2H])([2H])C(C)(C)C)c([Si](C)(C)C)cn2)cc1.[Ir]. The van der Waals surface area contributed by atoms with Gasteiger partial charge in [0.1, 0.15) is 0 Å². The molecule has 1 radical (unpaired) electrons. The van der Waals surface area contributed by atoms with Crippen LogP contribution in [0.15, 0.2) is 126 Å². The second-order valence-electron chi connectivity index (χ2n) is 17.3. The summed E-state index contributed by atoms with van der Waals surface area (Å²) in [5.74, 6) is 0.807. The van der Waals surface area contributed by atoms with Crippen LogP contribution in [0.3, 0.4) is 0 Å². The van der Waals surface area contributed by atoms with E-state index in [9.17, 15) is 0 Å². The Kier molecular flexibility index (Phi) is 10.2. The van der Waals surface area contributed by atoms with Gasteiger partial charge in [-0.1, -0.05) is 112 Å². The van der Waals surface area contributed by atoms with Gasteiger partial charge in [0.25, 0.3) is 0 Å². The van der Waals surface area contributed by atoms with Crippen LogP contribution < -0.4 is 5.19 Å². The van der Waals surface area contributed by atoms with Crippen LogP contribution in [-0.2, 0) is 26.5 Å². The average molecular weight is 986 g/mol. The number of aryl methyl sites for hydroxylation is 4. The van der Waals surface area contributed by atoms with Crippen LogP contribution in [-0.4, -0.2) is 27.6 Å². The number of fused-ring (bicyclic) bond motifs is 4. The molecule has 5 aromatic carbocycles. The Balaban J connectivity index is 0.000000202. The summed E-state index contributed by atoms with van der Waals surface area (Å²) in [6.45, 7) is 16.4. The number of nitrogens with zero attached hydrogens (tertiary/aromatic N) is 4. The predicted molar refractivity (Wildman–Crippen MR) is 249 cm³/mol. The van der Waals surface area contributed by atoms with E-state index in [2.05, 4.69) is 121 Å². The van der Waals surface area contributed by atoms with Crippen LogP contribution in [0.2, 0.25) is 19.6 Å². The van der Waals surface area contributed by atoms with Crippen molar-refractivity contribution in [1.82, 2.24) is 19.5 Å². The Morgan fingerprint density at radius 3 is 2.22 bits per heavy atom. The zero-order valence-corrected chi connectivity index (χ0v) is 39.0. The fraction of sp³-hybridized carbons (Fsp3) is 0.226. The molecule has 0 aliphatic heterocycles. The minimum Gasteiger partial charge on any atom is -0.486 e. The van der Waals surface area contributed by atoms with Crippen LogP contribution in [0, 0.1) is 45.2 Å². The van der Waals surface area contributed by atoms with Gasteiger partial charge in [-0.25, -0.2) is 4.98 Å². The number of imidazole rings is 1. The summed E-state index contributed by atoms with van der Waals surface area (Å²) in [6.07, 6.45) is 0.269. The average Bonchev–Trinajstić information content (AvgIpc) is 3.81. The third-order valence-corrected chi connectivity index (χ3v) is 12.4. The van der Waals surface area contributed by atoms with Crippen molar-refractivity contribution in [3.63, 3.8) is 0 Å². The molecule has 305 valence electrons. The third kappa shape index (κ3) is 8.71. The third-order valence-electron chi connectivity index (χ3n) is 10.4. The Labute approximate surface area is 376 Å². The van der Waals surface area contributed by atoms with Gasteiger partial charge in [0, 0.05) is 49.9 Å². The van der Waals surface area contributed by atoms with Gasteiger partial charge in [-0.05, 0) is 102 Å². The van der Waals surface area contributed by atoms with E-state index >= 15 is 0 Å². The standard InChI is InChI=1S/C33H24N3O.C20H28NSi.Ir/c1-20-18-24(23-10-5-4-6-11-23)19-21(2)30(20)36-29-15-8-7-14-28(29)35-32(36)27-13-9-12-25-26-17-16-22(3)34-33(26)37-31(25)27;1-15-8-10-16(11-9-15)18-12-17(13-20(2,3)4)19(14-21-18)22(5,6)7;/h4-12,14-19H,1-3H3;8-10,12,14H,13H2,1-7H3;/q2*-1;/i;1D3,13D2;. The van der Waals surface area contributed by atoms with Gasteiger partial charge in [0.15, 0.2) is 0 Å². The Hall–Kier alpha value is -5.46. The van der Waals surface area contributed by atoms with E-state index in [4.69, 9.17) is 16.3 Å². The van der Waals surface area contributed by atoms with Gasteiger partial charge < -0.3 is 14.0 Å². The van der Waals surface area contributed by atoms with Crippen molar-refractivity contribution in [1.29, 1.82) is 0 Å². The maximum atomic E-state index is 8.79. The minimum absolute atomic E-state index is 0. The number of furan rings is 1. The van der Waals surface area contributed by atoms with Crippen molar-refractivity contribution >= 4 is 46.4 Å². The van der Waals surface area contributed by atoms with Crippen molar-refractivity contribution in [2.75, 3.05) is 0 Å². The van der Waals surface area contributed by atoms with E-state index < -0.39 is 26.7 Å². The van der Waals surface area contributed by atoms with Gasteiger partial charge in [0.2, 0.25) is 5.71 Å². The van der Waals surface area contributed by atoms with Gasteiger partial charge in [-0.2, -0.15) is 0 Å². The summed E-state index contributed by atoms with van der Waals surface area (Å²) in [6, 6.07) is 44.4. The maximum absolute atomic E-state index is 8.79. The molecule has 0 unspecified atom stereocenters. The van der Waals surface area contributed by atoms with Crippen molar-refractivity contribution in [2.45, 2.75) is 74.4 Å². The van der Waals surface area contributed by atoms with Gasteiger partial charge in [-0.15, -0.1) is 53.6 Å². The van der Waals surface area contributed by atoms with Crippen molar-refractivity contribution in [2.24, 2.45) is 5.41 Å². The number of hydrogen-bond acceptors (Lipinski definition) is 4. The molecular formula is C53H52IrN4OSi-2. The monoisotopic (exact) mass is 986 g/mol. The molecule has 0 spiro atoms. The largest absolute Gasteiger partial charge is 0.486 e. The molecule has 0 fully saturated rings. The number of pyridine rings is 2. The van der Waals surface area contributed by atoms with E-state index in [1.54, 1.807) is 18.3 Å². The molecule has 4 aromatic heterocycles. The first-order valence-electron chi connectivity index (χ1n) is 22.5. The first kappa shape index (κ1) is 36.4. The number of para-hydroxylation sites is 2. The summed E-state index contributed by atoms with van der Waals surface area (Å²) in [7, 11) is -1.81. The second-order valence-corrected chi connectivity index (χ2v) is 22.4. The summed E-state index contributed by atoms with van der Waals surface area (Å²) >= 11 is 0. The second kappa shape index (κ2) is 16.9. The fourth-order valence-corrected chi connectivity index (χ4v) is 9.09. The number of benzene rings is 5. The normalized spacial score (nSPS) is 13.4. The summed E-state index contributed by atoms with van der Waals surface area (Å²) in [5, 5.41) is 3.02. The summed E-state index contributed by atoms with van der Waals surface area (Å²) < 4.78 is 48.6. The molecular weight excluding hydrogens is 929 g/mol. The number of rotatable bonds is 6. The predicted octanol–water partition coefficient (Wildman–Crippen LogP) is 13.4. The molecule has 0 amide bonds. The maximum Gasteiger partial charge on any atom is 0.216 e. The van der Waals surface area contributed by atoms with Gasteiger partial charge >= 0.3 is 0 Å². The molecule has 0 aliphatic rings. The topological polar surface area (TPSA) is 56.7 Å². The molecule has 0 N–H and O–H groups in total. The molecule has 0 saturated carbocycles. The van der Waals surface area contributed by atoms with E-state index in [1.807, 2.05) is 64.1 Å². The van der Waals surface area contributed by atoms with Crippen LogP contribution in [0.4, 0.5) is 0 Å². The van der Waals surface area contributed by atoms with Crippen molar-refractivity contribution in [3.8, 4) is 39.5 Å². The molecule has 5 nitrogen and oxygen atoms in total. The molecule has 9 aromatic rings. The van der Waals surface area contributed by atoms with E-state index in [0.29, 0.717) is 22.5 Å². The number of aromatic nitrogens is 4. The summed E-state index contributed by atoms with van der Waals surface area (Å²) in [4.78, 5) is 14.3. The zero-order valence-electron chi connectivity index (χ0n) is 40.6. The van der Waals surface area contributed by atoms with Crippen molar-refractivity contribution < 1.29 is 31.4 Å². The Morgan fingerprint density at radius 2 is 1.53 bits per heavy atom. The molecule has 0 atom stereocenters. The van der Waals surface area contributed by atoms with Gasteiger partial charge in [-0.3, -0.25) is 4.98 Å². The zero-order chi connectivity index (χ0) is 45.9. The first-order chi connectivity index (χ1) is 30.1. The summed E-state index contributed by atoms with van der Waals surface area (Å²) in [5.41, 5.74) is 12.6. The first-order valence-corrected chi connectivity index (χ1v) is 23.5. The van der Waals surface area contributed by atoms with E-state index in [0.717, 1.165) is 55.3 Å². The van der Waals surface area contributed by atoms with Crippen LogP contribution in [0.1, 0.15) is 55.6 Å². The van der Waals surface area contributed by atoms with Crippen LogP contribution in [0.25, 0.3) is 72.6 Å².